The van der Waals surface area contributed by atoms with E-state index in [0.717, 1.165) is 6.54 Å². The van der Waals surface area contributed by atoms with E-state index in [-0.39, 0.29) is 0 Å². The summed E-state index contributed by atoms with van der Waals surface area (Å²) in [5.41, 5.74) is 2.80. The average molecular weight is 246 g/mol. The van der Waals surface area contributed by atoms with Crippen molar-refractivity contribution in [3.05, 3.63) is 29.6 Å². The normalized spacial score (nSPS) is 21.9. The van der Waals surface area contributed by atoms with Gasteiger partial charge in [-0.05, 0) is 42.9 Å². The van der Waals surface area contributed by atoms with Crippen LogP contribution >= 0.6 is 0 Å². The van der Waals surface area contributed by atoms with Crippen molar-refractivity contribution in [1.29, 1.82) is 0 Å². The molecule has 2 nitrogen and oxygen atoms in total. The molecule has 0 radical (unpaired) electrons. The van der Waals surface area contributed by atoms with Gasteiger partial charge in [-0.2, -0.15) is 0 Å². The van der Waals surface area contributed by atoms with E-state index in [0.29, 0.717) is 23.8 Å². The fourth-order valence-electron chi connectivity index (χ4n) is 3.14. The molecule has 0 aliphatic heterocycles. The first kappa shape index (κ1) is 13.5. The molecule has 100 valence electrons. The standard InChI is InChI=1S/C16H26N2/c1-5-17-15(12(4)11(2)3)14-9-8-13-7-6-10-18-16(13)14/h6-7,10-12,14-15,17H,5,8-9H2,1-4H3. The number of nitrogens with one attached hydrogen (secondary N) is 1. The second kappa shape index (κ2) is 5.83. The molecule has 2 rings (SSSR count). The number of likely N-dealkylation sites (N-methyl/N-ethyl adjacent to an activating group) is 1. The molecular formula is C16H26N2. The average Bonchev–Trinajstić information content (AvgIpc) is 2.79. The molecule has 1 aliphatic rings. The summed E-state index contributed by atoms with van der Waals surface area (Å²) in [6.07, 6.45) is 4.39. The largest absolute Gasteiger partial charge is 0.313 e. The van der Waals surface area contributed by atoms with Crippen molar-refractivity contribution >= 4 is 0 Å². The lowest BCUT2D eigenvalue weighted by molar-refractivity contribution is 0.262. The Balaban J connectivity index is 2.23. The number of nitrogens with zero attached hydrogens (tertiary/aromatic N) is 1. The zero-order valence-corrected chi connectivity index (χ0v) is 12.1. The van der Waals surface area contributed by atoms with Crippen LogP contribution in [0, 0.1) is 11.8 Å². The smallest absolute Gasteiger partial charge is 0.0482 e. The van der Waals surface area contributed by atoms with Crippen LogP contribution in [0.4, 0.5) is 0 Å². The van der Waals surface area contributed by atoms with E-state index in [1.165, 1.54) is 24.1 Å². The first-order valence-corrected chi connectivity index (χ1v) is 7.32. The van der Waals surface area contributed by atoms with Crippen LogP contribution in [0.3, 0.4) is 0 Å². The van der Waals surface area contributed by atoms with Crippen LogP contribution in [0.5, 0.6) is 0 Å². The Kier molecular flexibility index (Phi) is 4.39. The Bertz CT molecular complexity index is 386. The third kappa shape index (κ3) is 2.59. The Morgan fingerprint density at radius 2 is 2.17 bits per heavy atom. The van der Waals surface area contributed by atoms with E-state index >= 15 is 0 Å². The maximum absolute atomic E-state index is 4.65. The first-order valence-electron chi connectivity index (χ1n) is 7.32. The van der Waals surface area contributed by atoms with Crippen molar-refractivity contribution in [3.8, 4) is 0 Å². The molecule has 1 aliphatic carbocycles. The maximum atomic E-state index is 4.65. The molecule has 18 heavy (non-hydrogen) atoms. The molecule has 0 bridgehead atoms. The summed E-state index contributed by atoms with van der Waals surface area (Å²) in [4.78, 5) is 4.65. The lowest BCUT2D eigenvalue weighted by Gasteiger charge is -2.32. The van der Waals surface area contributed by atoms with E-state index in [2.05, 4.69) is 50.1 Å². The Morgan fingerprint density at radius 3 is 2.83 bits per heavy atom. The highest BCUT2D eigenvalue weighted by Crippen LogP contribution is 2.37. The molecule has 3 atom stereocenters. The van der Waals surface area contributed by atoms with Crippen LogP contribution in [0.25, 0.3) is 0 Å². The van der Waals surface area contributed by atoms with Gasteiger partial charge in [-0.25, -0.2) is 0 Å². The van der Waals surface area contributed by atoms with E-state index in [1.54, 1.807) is 0 Å². The summed E-state index contributed by atoms with van der Waals surface area (Å²) in [5, 5.41) is 3.71. The van der Waals surface area contributed by atoms with Crippen LogP contribution in [0.15, 0.2) is 18.3 Å². The summed E-state index contributed by atoms with van der Waals surface area (Å²) in [6.45, 7) is 10.3. The summed E-state index contributed by atoms with van der Waals surface area (Å²) in [5.74, 6) is 1.99. The molecule has 1 heterocycles. The van der Waals surface area contributed by atoms with Crippen molar-refractivity contribution < 1.29 is 0 Å². The monoisotopic (exact) mass is 246 g/mol. The second-order valence-electron chi connectivity index (χ2n) is 5.88. The minimum absolute atomic E-state index is 0.561. The topological polar surface area (TPSA) is 24.9 Å². The molecule has 1 N–H and O–H groups in total. The summed E-state index contributed by atoms with van der Waals surface area (Å²) in [6, 6.07) is 4.87. The van der Waals surface area contributed by atoms with Crippen LogP contribution < -0.4 is 5.32 Å². The maximum Gasteiger partial charge on any atom is 0.0482 e. The SMILES string of the molecule is CCNC(C1CCc2cccnc21)C(C)C(C)C. The lowest BCUT2D eigenvalue weighted by atomic mass is 9.81. The second-order valence-corrected chi connectivity index (χ2v) is 5.88. The van der Waals surface area contributed by atoms with Crippen LogP contribution in [0.2, 0.25) is 0 Å². The highest BCUT2D eigenvalue weighted by Gasteiger charge is 2.34. The van der Waals surface area contributed by atoms with Gasteiger partial charge in [0, 0.05) is 23.9 Å². The summed E-state index contributed by atoms with van der Waals surface area (Å²) in [7, 11) is 0. The van der Waals surface area contributed by atoms with Gasteiger partial charge in [0.1, 0.15) is 0 Å². The number of pyridine rings is 1. The molecule has 0 spiro atoms. The van der Waals surface area contributed by atoms with Crippen molar-refractivity contribution in [2.75, 3.05) is 6.54 Å². The van der Waals surface area contributed by atoms with Gasteiger partial charge in [-0.15, -0.1) is 0 Å². The highest BCUT2D eigenvalue weighted by atomic mass is 14.9. The number of aromatic nitrogens is 1. The van der Waals surface area contributed by atoms with Crippen molar-refractivity contribution in [2.24, 2.45) is 11.8 Å². The van der Waals surface area contributed by atoms with E-state index in [9.17, 15) is 0 Å². The number of fused-ring (bicyclic) bond motifs is 1. The number of aryl methyl sites for hydroxylation is 1. The van der Waals surface area contributed by atoms with Gasteiger partial charge in [0.2, 0.25) is 0 Å². The van der Waals surface area contributed by atoms with Crippen LogP contribution in [-0.4, -0.2) is 17.6 Å². The van der Waals surface area contributed by atoms with Gasteiger partial charge in [0.25, 0.3) is 0 Å². The molecule has 0 saturated carbocycles. The number of hydrogen-bond acceptors (Lipinski definition) is 2. The summed E-state index contributed by atoms with van der Waals surface area (Å²) < 4.78 is 0. The molecule has 1 aromatic heterocycles. The first-order chi connectivity index (χ1) is 8.65. The zero-order chi connectivity index (χ0) is 13.1. The molecule has 1 aromatic rings. The molecular weight excluding hydrogens is 220 g/mol. The minimum atomic E-state index is 0.561. The number of hydrogen-bond donors (Lipinski definition) is 1. The highest BCUT2D eigenvalue weighted by molar-refractivity contribution is 5.30. The predicted molar refractivity (Wildman–Crippen MR) is 76.8 cm³/mol. The third-order valence-electron chi connectivity index (χ3n) is 4.49. The van der Waals surface area contributed by atoms with Crippen molar-refractivity contribution in [1.82, 2.24) is 10.3 Å². The van der Waals surface area contributed by atoms with Crippen molar-refractivity contribution in [3.63, 3.8) is 0 Å². The van der Waals surface area contributed by atoms with Gasteiger partial charge >= 0.3 is 0 Å². The number of rotatable bonds is 5. The summed E-state index contributed by atoms with van der Waals surface area (Å²) >= 11 is 0. The molecule has 0 amide bonds. The predicted octanol–water partition coefficient (Wildman–Crippen LogP) is 3.38. The molecule has 0 saturated heterocycles. The molecule has 3 unspecified atom stereocenters. The van der Waals surface area contributed by atoms with Gasteiger partial charge in [0.15, 0.2) is 0 Å². The van der Waals surface area contributed by atoms with E-state index in [1.807, 2.05) is 6.20 Å². The minimum Gasteiger partial charge on any atom is -0.313 e. The fraction of sp³-hybridized carbons (Fsp3) is 0.688. The van der Waals surface area contributed by atoms with Gasteiger partial charge < -0.3 is 5.32 Å². The van der Waals surface area contributed by atoms with E-state index < -0.39 is 0 Å². The molecule has 0 fully saturated rings. The zero-order valence-electron chi connectivity index (χ0n) is 12.1. The molecule has 0 aromatic carbocycles. The third-order valence-corrected chi connectivity index (χ3v) is 4.49. The Morgan fingerprint density at radius 1 is 1.39 bits per heavy atom. The van der Waals surface area contributed by atoms with Gasteiger partial charge in [0.05, 0.1) is 0 Å². The van der Waals surface area contributed by atoms with Gasteiger partial charge in [-0.1, -0.05) is 33.8 Å². The van der Waals surface area contributed by atoms with Crippen LogP contribution in [-0.2, 0) is 6.42 Å². The van der Waals surface area contributed by atoms with Gasteiger partial charge in [-0.3, -0.25) is 4.98 Å². The Hall–Kier alpha value is -0.890. The van der Waals surface area contributed by atoms with E-state index in [4.69, 9.17) is 0 Å². The van der Waals surface area contributed by atoms with Crippen LogP contribution in [0.1, 0.15) is 51.3 Å². The lowest BCUT2D eigenvalue weighted by Crippen LogP contribution is -2.41. The Labute approximate surface area is 111 Å². The van der Waals surface area contributed by atoms with Crippen molar-refractivity contribution in [2.45, 2.75) is 52.5 Å². The quantitative estimate of drug-likeness (QED) is 0.861. The molecule has 2 heteroatoms. The fourth-order valence-corrected chi connectivity index (χ4v) is 3.14.